The second kappa shape index (κ2) is 7.21. The summed E-state index contributed by atoms with van der Waals surface area (Å²) >= 11 is 7.31. The van der Waals surface area contributed by atoms with Crippen molar-refractivity contribution < 1.29 is 9.21 Å². The van der Waals surface area contributed by atoms with Crippen molar-refractivity contribution in [3.8, 4) is 0 Å². The van der Waals surface area contributed by atoms with Crippen molar-refractivity contribution in [2.45, 2.75) is 32.2 Å². The number of aromatic nitrogens is 2. The molecule has 5 nitrogen and oxygen atoms in total. The number of amides is 1. The van der Waals surface area contributed by atoms with E-state index in [2.05, 4.69) is 9.97 Å². The van der Waals surface area contributed by atoms with Gasteiger partial charge in [0.05, 0.1) is 17.4 Å². The SMILES string of the molecule is Cc1ncsc1C(=O)N1CCC[C@H]1c1ncc(Cc2ccc(Cl)cc2)o1. The third-order valence-electron chi connectivity index (χ3n) is 4.60. The van der Waals surface area contributed by atoms with Crippen molar-refractivity contribution in [3.05, 3.63) is 68.8 Å². The van der Waals surface area contributed by atoms with Crippen molar-refractivity contribution in [1.82, 2.24) is 14.9 Å². The van der Waals surface area contributed by atoms with E-state index in [0.717, 1.165) is 36.4 Å². The molecular weight excluding hydrogens is 370 g/mol. The lowest BCUT2D eigenvalue weighted by atomic mass is 10.1. The molecule has 4 rings (SSSR count). The van der Waals surface area contributed by atoms with Gasteiger partial charge >= 0.3 is 0 Å². The fourth-order valence-corrected chi connectivity index (χ4v) is 4.15. The quantitative estimate of drug-likeness (QED) is 0.653. The number of halogens is 1. The van der Waals surface area contributed by atoms with Gasteiger partial charge in [0, 0.05) is 18.0 Å². The number of hydrogen-bond donors (Lipinski definition) is 0. The molecule has 1 aromatic carbocycles. The van der Waals surface area contributed by atoms with Gasteiger partial charge in [-0.1, -0.05) is 23.7 Å². The Morgan fingerprint density at radius 3 is 2.88 bits per heavy atom. The highest BCUT2D eigenvalue weighted by molar-refractivity contribution is 7.11. The monoisotopic (exact) mass is 387 g/mol. The van der Waals surface area contributed by atoms with Crippen molar-refractivity contribution in [2.75, 3.05) is 6.54 Å². The summed E-state index contributed by atoms with van der Waals surface area (Å²) in [6.45, 7) is 2.58. The number of oxazole rings is 1. The molecule has 0 aliphatic carbocycles. The summed E-state index contributed by atoms with van der Waals surface area (Å²) in [6.07, 6.45) is 4.22. The average molecular weight is 388 g/mol. The van der Waals surface area contributed by atoms with Crippen LogP contribution in [0.2, 0.25) is 5.02 Å². The van der Waals surface area contributed by atoms with Crippen molar-refractivity contribution in [3.63, 3.8) is 0 Å². The fourth-order valence-electron chi connectivity index (χ4n) is 3.27. The van der Waals surface area contributed by atoms with Gasteiger partial charge in [0.2, 0.25) is 5.89 Å². The standard InChI is InChI=1S/C19H18ClN3O2S/c1-12-17(26-11-22-12)19(24)23-8-2-3-16(23)18-21-10-15(25-18)9-13-4-6-14(20)7-5-13/h4-7,10-11,16H,2-3,8-9H2,1H3/t16-/m0/s1. The van der Waals surface area contributed by atoms with E-state index in [9.17, 15) is 4.79 Å². The second-order valence-electron chi connectivity index (χ2n) is 6.39. The van der Waals surface area contributed by atoms with E-state index in [0.29, 0.717) is 22.2 Å². The van der Waals surface area contributed by atoms with E-state index in [1.165, 1.54) is 11.3 Å². The van der Waals surface area contributed by atoms with Crippen LogP contribution in [0.4, 0.5) is 0 Å². The van der Waals surface area contributed by atoms with Crippen LogP contribution in [0.5, 0.6) is 0 Å². The fraction of sp³-hybridized carbons (Fsp3) is 0.316. The van der Waals surface area contributed by atoms with E-state index in [4.69, 9.17) is 16.0 Å². The first-order valence-corrected chi connectivity index (χ1v) is 9.77. The molecule has 2 aromatic heterocycles. The molecule has 7 heteroatoms. The van der Waals surface area contributed by atoms with Crippen molar-refractivity contribution in [2.24, 2.45) is 0 Å². The molecular formula is C19H18ClN3O2S. The summed E-state index contributed by atoms with van der Waals surface area (Å²) < 4.78 is 5.98. The maximum absolute atomic E-state index is 12.9. The number of likely N-dealkylation sites (tertiary alicyclic amines) is 1. The van der Waals surface area contributed by atoms with Crippen LogP contribution in [-0.2, 0) is 6.42 Å². The second-order valence-corrected chi connectivity index (χ2v) is 7.68. The zero-order chi connectivity index (χ0) is 18.1. The summed E-state index contributed by atoms with van der Waals surface area (Å²) in [7, 11) is 0. The number of benzene rings is 1. The topological polar surface area (TPSA) is 59.2 Å². The molecule has 0 bridgehead atoms. The van der Waals surface area contributed by atoms with Gasteiger partial charge in [-0.2, -0.15) is 0 Å². The van der Waals surface area contributed by atoms with Gasteiger partial charge < -0.3 is 9.32 Å². The minimum absolute atomic E-state index is 0.0185. The molecule has 0 unspecified atom stereocenters. The van der Waals surface area contributed by atoms with Crippen LogP contribution in [0.15, 0.2) is 40.4 Å². The Labute approximate surface area is 160 Å². The lowest BCUT2D eigenvalue weighted by molar-refractivity contribution is 0.0718. The Balaban J connectivity index is 1.52. The number of thiazole rings is 1. The van der Waals surface area contributed by atoms with Gasteiger partial charge in [-0.05, 0) is 37.5 Å². The molecule has 0 N–H and O–H groups in total. The number of carbonyl (C=O) groups is 1. The lowest BCUT2D eigenvalue weighted by Crippen LogP contribution is -2.30. The van der Waals surface area contributed by atoms with Gasteiger partial charge in [0.15, 0.2) is 0 Å². The zero-order valence-corrected chi connectivity index (χ0v) is 15.9. The number of carbonyl (C=O) groups excluding carboxylic acids is 1. The smallest absolute Gasteiger partial charge is 0.266 e. The highest BCUT2D eigenvalue weighted by Crippen LogP contribution is 2.34. The van der Waals surface area contributed by atoms with Crippen molar-refractivity contribution in [1.29, 1.82) is 0 Å². The number of rotatable bonds is 4. The van der Waals surface area contributed by atoms with Crippen LogP contribution in [-0.4, -0.2) is 27.3 Å². The highest BCUT2D eigenvalue weighted by atomic mass is 35.5. The summed E-state index contributed by atoms with van der Waals surface area (Å²) in [5.74, 6) is 1.42. The Hall–Kier alpha value is -2.18. The van der Waals surface area contributed by atoms with Gasteiger partial charge in [-0.25, -0.2) is 9.97 Å². The molecule has 0 radical (unpaired) electrons. The first-order valence-electron chi connectivity index (χ1n) is 8.52. The Kier molecular flexibility index (Phi) is 4.78. The molecule has 1 aliphatic heterocycles. The third kappa shape index (κ3) is 3.39. The van der Waals surface area contributed by atoms with Crippen LogP contribution in [0.1, 0.15) is 51.5 Å². The van der Waals surface area contributed by atoms with Gasteiger partial charge in [-0.15, -0.1) is 11.3 Å². The molecule has 1 amide bonds. The van der Waals surface area contributed by atoms with Crippen LogP contribution in [0.3, 0.4) is 0 Å². The molecule has 1 saturated heterocycles. The van der Waals surface area contributed by atoms with Crippen molar-refractivity contribution >= 4 is 28.8 Å². The molecule has 134 valence electrons. The Bertz CT molecular complexity index is 919. The van der Waals surface area contributed by atoms with E-state index in [-0.39, 0.29) is 11.9 Å². The average Bonchev–Trinajstić information content (AvgIpc) is 3.36. The number of hydrogen-bond acceptors (Lipinski definition) is 5. The maximum atomic E-state index is 12.9. The van der Waals surface area contributed by atoms with E-state index in [1.54, 1.807) is 11.7 Å². The molecule has 0 saturated carbocycles. The maximum Gasteiger partial charge on any atom is 0.266 e. The van der Waals surface area contributed by atoms with Crippen LogP contribution in [0.25, 0.3) is 0 Å². The Morgan fingerprint density at radius 2 is 2.15 bits per heavy atom. The number of aryl methyl sites for hydroxylation is 1. The van der Waals surface area contributed by atoms with Gasteiger partial charge in [0.25, 0.3) is 5.91 Å². The molecule has 0 spiro atoms. The number of nitrogens with zero attached hydrogens (tertiary/aromatic N) is 3. The highest BCUT2D eigenvalue weighted by Gasteiger charge is 2.35. The summed E-state index contributed by atoms with van der Waals surface area (Å²) in [5.41, 5.74) is 3.60. The van der Waals surface area contributed by atoms with E-state index in [1.807, 2.05) is 36.1 Å². The van der Waals surface area contributed by atoms with Crippen LogP contribution >= 0.6 is 22.9 Å². The first kappa shape index (κ1) is 17.2. The largest absolute Gasteiger partial charge is 0.443 e. The molecule has 1 fully saturated rings. The predicted molar refractivity (Wildman–Crippen MR) is 101 cm³/mol. The molecule has 1 atom stereocenters. The normalized spacial score (nSPS) is 17.0. The van der Waals surface area contributed by atoms with Crippen LogP contribution < -0.4 is 0 Å². The molecule has 1 aliphatic rings. The predicted octanol–water partition coefficient (Wildman–Crippen LogP) is 4.66. The van der Waals surface area contributed by atoms with E-state index >= 15 is 0 Å². The van der Waals surface area contributed by atoms with Crippen LogP contribution in [0, 0.1) is 6.92 Å². The van der Waals surface area contributed by atoms with Gasteiger partial charge in [-0.3, -0.25) is 4.79 Å². The minimum Gasteiger partial charge on any atom is -0.443 e. The Morgan fingerprint density at radius 1 is 1.35 bits per heavy atom. The minimum atomic E-state index is -0.108. The van der Waals surface area contributed by atoms with Gasteiger partial charge in [0.1, 0.15) is 16.7 Å². The lowest BCUT2D eigenvalue weighted by Gasteiger charge is -2.21. The summed E-state index contributed by atoms with van der Waals surface area (Å²) in [5, 5.41) is 0.713. The molecule has 3 heterocycles. The molecule has 3 aromatic rings. The first-order chi connectivity index (χ1) is 12.6. The molecule has 26 heavy (non-hydrogen) atoms. The third-order valence-corrected chi connectivity index (χ3v) is 5.77. The summed E-state index contributed by atoms with van der Waals surface area (Å²) in [4.78, 5) is 24.1. The summed E-state index contributed by atoms with van der Waals surface area (Å²) in [6, 6.07) is 7.57. The van der Waals surface area contributed by atoms with E-state index < -0.39 is 0 Å². The zero-order valence-electron chi connectivity index (χ0n) is 14.3.